The molecule has 4 rings (SSSR count). The summed E-state index contributed by atoms with van der Waals surface area (Å²) in [5.41, 5.74) is -1.45. The van der Waals surface area contributed by atoms with Gasteiger partial charge in [0.2, 0.25) is 5.91 Å². The van der Waals surface area contributed by atoms with Crippen molar-refractivity contribution in [1.82, 2.24) is 4.90 Å². The minimum atomic E-state index is -1.20. The summed E-state index contributed by atoms with van der Waals surface area (Å²) in [6.07, 6.45) is 3.16. The molecule has 3 heterocycles. The van der Waals surface area contributed by atoms with Gasteiger partial charge < -0.3 is 29.1 Å². The molecule has 208 valence electrons. The Labute approximate surface area is 224 Å². The average Bonchev–Trinajstić information content (AvgIpc) is 3.51. The fourth-order valence-corrected chi connectivity index (χ4v) is 6.86. The molecule has 3 aliphatic rings. The molecule has 3 saturated heterocycles. The average molecular weight is 529 g/mol. The summed E-state index contributed by atoms with van der Waals surface area (Å²) in [7, 11) is 1.57. The van der Waals surface area contributed by atoms with Gasteiger partial charge in [0.15, 0.2) is 0 Å². The smallest absolute Gasteiger partial charge is 0.312 e. The molecule has 2 amide bonds. The number of esters is 1. The number of aliphatic hydroxyl groups is 1. The summed E-state index contributed by atoms with van der Waals surface area (Å²) in [6.45, 7) is 11.4. The quantitative estimate of drug-likeness (QED) is 0.348. The highest BCUT2D eigenvalue weighted by atomic mass is 16.6. The number of hydrogen-bond acceptors (Lipinski definition) is 7. The number of carbonyl (C=O) groups excluding carboxylic acids is 3. The number of fused-ring (bicyclic) bond motifs is 1. The maximum absolute atomic E-state index is 14.6. The zero-order valence-corrected chi connectivity index (χ0v) is 23.0. The van der Waals surface area contributed by atoms with E-state index >= 15 is 0 Å². The van der Waals surface area contributed by atoms with Crippen LogP contribution in [0.25, 0.3) is 0 Å². The summed E-state index contributed by atoms with van der Waals surface area (Å²) in [5, 5.41) is 10.4. The molecule has 0 radical (unpaired) electrons. The second-order valence-corrected chi connectivity index (χ2v) is 10.8. The van der Waals surface area contributed by atoms with Crippen molar-refractivity contribution in [1.29, 1.82) is 0 Å². The third-order valence-corrected chi connectivity index (χ3v) is 8.67. The molecule has 3 fully saturated rings. The van der Waals surface area contributed by atoms with Gasteiger partial charge >= 0.3 is 5.97 Å². The Bertz CT molecular complexity index is 1070. The van der Waals surface area contributed by atoms with E-state index in [4.69, 9.17) is 14.2 Å². The lowest BCUT2D eigenvalue weighted by Gasteiger charge is -2.40. The van der Waals surface area contributed by atoms with Crippen molar-refractivity contribution in [2.24, 2.45) is 17.8 Å². The van der Waals surface area contributed by atoms with E-state index in [1.807, 2.05) is 20.8 Å². The molecule has 1 spiro atoms. The lowest BCUT2D eigenvalue weighted by atomic mass is 9.65. The fourth-order valence-electron chi connectivity index (χ4n) is 6.86. The first-order chi connectivity index (χ1) is 18.2. The van der Waals surface area contributed by atoms with Crippen LogP contribution in [0, 0.1) is 17.8 Å². The van der Waals surface area contributed by atoms with E-state index in [9.17, 15) is 19.5 Å². The summed E-state index contributed by atoms with van der Waals surface area (Å²) >= 11 is 0. The standard InChI is InChI=1S/C29H40N2O7/c1-7-16-30(19-10-12-20(36-6)13-11-19)26(34)24-29-15-14-28(8-2,38-29)23(27(35)37-9-3)22(29)25(33)31(24)21(17-32)18(4)5/h7,10-13,18,21-24,32H,1,8-9,14-17H2,2-6H3/t21-,22-,23+,24?,28-,29?/m0/s1. The number of hydrogen-bond donors (Lipinski definition) is 1. The molecule has 0 saturated carbocycles. The van der Waals surface area contributed by atoms with E-state index in [1.54, 1.807) is 49.3 Å². The normalized spacial score (nSPS) is 30.3. The number of carbonyl (C=O) groups is 3. The Morgan fingerprint density at radius 3 is 2.47 bits per heavy atom. The van der Waals surface area contributed by atoms with E-state index < -0.39 is 41.1 Å². The number of likely N-dealkylation sites (tertiary alicyclic amines) is 1. The highest BCUT2D eigenvalue weighted by Crippen LogP contribution is 2.65. The van der Waals surface area contributed by atoms with Crippen molar-refractivity contribution >= 4 is 23.5 Å². The largest absolute Gasteiger partial charge is 0.497 e. The van der Waals surface area contributed by atoms with Gasteiger partial charge in [-0.3, -0.25) is 14.4 Å². The van der Waals surface area contributed by atoms with Crippen molar-refractivity contribution in [2.75, 3.05) is 31.8 Å². The van der Waals surface area contributed by atoms with Crippen LogP contribution in [0.1, 0.15) is 47.0 Å². The van der Waals surface area contributed by atoms with Crippen LogP contribution >= 0.6 is 0 Å². The van der Waals surface area contributed by atoms with E-state index in [0.717, 1.165) is 0 Å². The SMILES string of the molecule is C=CCN(C(=O)C1N([C@@H](CO)C(C)C)C(=O)[C@@H]2[C@H](C(=O)OCC)[C@]3(CC)CCC12O3)c1ccc(OC)cc1. The molecule has 0 aromatic heterocycles. The summed E-state index contributed by atoms with van der Waals surface area (Å²) < 4.78 is 17.5. The zero-order valence-electron chi connectivity index (χ0n) is 23.0. The Hall–Kier alpha value is -2.91. The number of methoxy groups -OCH3 is 1. The lowest BCUT2D eigenvalue weighted by molar-refractivity contribution is -0.162. The first-order valence-corrected chi connectivity index (χ1v) is 13.5. The number of aliphatic hydroxyl groups excluding tert-OH is 1. The lowest BCUT2D eigenvalue weighted by Crippen LogP contribution is -2.60. The third-order valence-electron chi connectivity index (χ3n) is 8.67. The zero-order chi connectivity index (χ0) is 27.8. The van der Waals surface area contributed by atoms with E-state index in [0.29, 0.717) is 30.7 Å². The van der Waals surface area contributed by atoms with E-state index in [1.165, 1.54) is 4.90 Å². The summed E-state index contributed by atoms with van der Waals surface area (Å²) in [4.78, 5) is 45.3. The third kappa shape index (κ3) is 4.11. The van der Waals surface area contributed by atoms with Gasteiger partial charge in [-0.1, -0.05) is 26.8 Å². The predicted molar refractivity (Wildman–Crippen MR) is 142 cm³/mol. The molecule has 9 nitrogen and oxygen atoms in total. The van der Waals surface area contributed by atoms with Gasteiger partial charge in [-0.15, -0.1) is 6.58 Å². The maximum Gasteiger partial charge on any atom is 0.312 e. The first kappa shape index (κ1) is 28.1. The molecule has 9 heteroatoms. The Kier molecular flexibility index (Phi) is 7.91. The number of anilines is 1. The number of ether oxygens (including phenoxy) is 3. The number of rotatable bonds is 11. The van der Waals surface area contributed by atoms with Crippen molar-refractivity contribution in [3.63, 3.8) is 0 Å². The molecular weight excluding hydrogens is 488 g/mol. The Balaban J connectivity index is 1.86. The molecule has 6 atom stereocenters. The molecule has 3 aliphatic heterocycles. The van der Waals surface area contributed by atoms with Crippen molar-refractivity contribution in [3.05, 3.63) is 36.9 Å². The van der Waals surface area contributed by atoms with Crippen LogP contribution in [0.5, 0.6) is 5.75 Å². The molecule has 0 aliphatic carbocycles. The molecule has 1 aromatic carbocycles. The van der Waals surface area contributed by atoms with Crippen LogP contribution in [-0.2, 0) is 23.9 Å². The van der Waals surface area contributed by atoms with Crippen molar-refractivity contribution in [3.8, 4) is 5.75 Å². The van der Waals surface area contributed by atoms with E-state index in [-0.39, 0.29) is 37.5 Å². The second-order valence-electron chi connectivity index (χ2n) is 10.8. The highest BCUT2D eigenvalue weighted by Gasteiger charge is 2.79. The molecular formula is C29H40N2O7. The maximum atomic E-state index is 14.6. The highest BCUT2D eigenvalue weighted by molar-refractivity contribution is 6.05. The van der Waals surface area contributed by atoms with Gasteiger partial charge in [0.1, 0.15) is 23.3 Å². The van der Waals surface area contributed by atoms with Gasteiger partial charge in [-0.25, -0.2) is 0 Å². The molecule has 2 unspecified atom stereocenters. The van der Waals surface area contributed by atoms with Crippen LogP contribution in [0.3, 0.4) is 0 Å². The van der Waals surface area contributed by atoms with Crippen LogP contribution in [-0.4, -0.2) is 77.9 Å². The minimum Gasteiger partial charge on any atom is -0.497 e. The molecule has 1 N–H and O–H groups in total. The molecule has 1 aromatic rings. The first-order valence-electron chi connectivity index (χ1n) is 13.5. The van der Waals surface area contributed by atoms with Gasteiger partial charge in [-0.05, 0) is 56.4 Å². The summed E-state index contributed by atoms with van der Waals surface area (Å²) in [6, 6.07) is 5.45. The van der Waals surface area contributed by atoms with Crippen LogP contribution in [0.2, 0.25) is 0 Å². The van der Waals surface area contributed by atoms with Gasteiger partial charge in [0.25, 0.3) is 5.91 Å². The Morgan fingerprint density at radius 2 is 1.95 bits per heavy atom. The summed E-state index contributed by atoms with van der Waals surface area (Å²) in [5.74, 6) is -2.30. The van der Waals surface area contributed by atoms with Gasteiger partial charge in [0.05, 0.1) is 37.9 Å². The monoisotopic (exact) mass is 528 g/mol. The van der Waals surface area contributed by atoms with Crippen LogP contribution < -0.4 is 9.64 Å². The van der Waals surface area contributed by atoms with Crippen molar-refractivity contribution in [2.45, 2.75) is 70.2 Å². The molecule has 38 heavy (non-hydrogen) atoms. The number of nitrogens with zero attached hydrogens (tertiary/aromatic N) is 2. The predicted octanol–water partition coefficient (Wildman–Crippen LogP) is 2.95. The second kappa shape index (κ2) is 10.7. The number of benzene rings is 1. The van der Waals surface area contributed by atoms with Crippen molar-refractivity contribution < 1.29 is 33.7 Å². The van der Waals surface area contributed by atoms with Crippen LogP contribution in [0.4, 0.5) is 5.69 Å². The van der Waals surface area contributed by atoms with E-state index in [2.05, 4.69) is 6.58 Å². The Morgan fingerprint density at radius 1 is 1.26 bits per heavy atom. The number of amides is 2. The van der Waals surface area contributed by atoms with Gasteiger partial charge in [-0.2, -0.15) is 0 Å². The van der Waals surface area contributed by atoms with Gasteiger partial charge in [0, 0.05) is 12.2 Å². The minimum absolute atomic E-state index is 0.137. The topological polar surface area (TPSA) is 106 Å². The van der Waals surface area contributed by atoms with Crippen LogP contribution in [0.15, 0.2) is 36.9 Å². The molecule has 2 bridgehead atoms. The fraction of sp³-hybridized carbons (Fsp3) is 0.621.